The number of aromatic nitrogens is 1. The molecular formula is C15H25N3. The predicted molar refractivity (Wildman–Crippen MR) is 75.6 cm³/mol. The Labute approximate surface area is 111 Å². The lowest BCUT2D eigenvalue weighted by Crippen LogP contribution is -2.42. The average molecular weight is 247 g/mol. The maximum atomic E-state index is 4.34. The van der Waals surface area contributed by atoms with Gasteiger partial charge in [0.25, 0.3) is 0 Å². The third kappa shape index (κ3) is 4.07. The van der Waals surface area contributed by atoms with E-state index in [4.69, 9.17) is 0 Å². The molecule has 1 aliphatic rings. The Morgan fingerprint density at radius 3 is 2.78 bits per heavy atom. The summed E-state index contributed by atoms with van der Waals surface area (Å²) in [6.07, 6.45) is 5.50. The number of rotatable bonds is 5. The van der Waals surface area contributed by atoms with Crippen molar-refractivity contribution < 1.29 is 0 Å². The highest BCUT2D eigenvalue weighted by Gasteiger charge is 2.28. The average Bonchev–Trinajstić information content (AvgIpc) is 2.40. The molecule has 1 fully saturated rings. The highest BCUT2D eigenvalue weighted by molar-refractivity contribution is 5.03. The Morgan fingerprint density at radius 1 is 1.33 bits per heavy atom. The van der Waals surface area contributed by atoms with Gasteiger partial charge in [-0.05, 0) is 50.5 Å². The van der Waals surface area contributed by atoms with Gasteiger partial charge in [-0.2, -0.15) is 0 Å². The van der Waals surface area contributed by atoms with Crippen molar-refractivity contribution in [3.8, 4) is 0 Å². The van der Waals surface area contributed by atoms with Crippen LogP contribution in [0.25, 0.3) is 0 Å². The molecule has 0 aliphatic carbocycles. The maximum absolute atomic E-state index is 4.34. The van der Waals surface area contributed by atoms with Crippen molar-refractivity contribution >= 4 is 0 Å². The Balaban J connectivity index is 1.66. The first-order valence-electron chi connectivity index (χ1n) is 6.97. The van der Waals surface area contributed by atoms with Crippen LogP contribution in [0.15, 0.2) is 24.4 Å². The third-order valence-corrected chi connectivity index (χ3v) is 4.03. The lowest BCUT2D eigenvalue weighted by molar-refractivity contribution is 0.137. The van der Waals surface area contributed by atoms with E-state index in [9.17, 15) is 0 Å². The van der Waals surface area contributed by atoms with E-state index in [1.807, 2.05) is 12.3 Å². The smallest absolute Gasteiger partial charge is 0.0416 e. The predicted octanol–water partition coefficient (Wildman–Crippen LogP) is 1.95. The molecule has 0 saturated carbocycles. The summed E-state index contributed by atoms with van der Waals surface area (Å²) < 4.78 is 0. The highest BCUT2D eigenvalue weighted by atomic mass is 15.1. The Kier molecular flexibility index (Phi) is 4.72. The molecule has 1 N–H and O–H groups in total. The molecular weight excluding hydrogens is 222 g/mol. The Hall–Kier alpha value is -0.930. The van der Waals surface area contributed by atoms with Gasteiger partial charge in [-0.1, -0.05) is 13.0 Å². The van der Waals surface area contributed by atoms with Gasteiger partial charge in [-0.25, -0.2) is 0 Å². The zero-order valence-corrected chi connectivity index (χ0v) is 11.7. The van der Waals surface area contributed by atoms with Gasteiger partial charge in [0, 0.05) is 31.4 Å². The molecule has 0 bridgehead atoms. The first kappa shape index (κ1) is 13.5. The number of pyridine rings is 1. The topological polar surface area (TPSA) is 28.2 Å². The van der Waals surface area contributed by atoms with Crippen molar-refractivity contribution in [2.75, 3.05) is 33.2 Å². The molecule has 0 aromatic carbocycles. The second-order valence-corrected chi connectivity index (χ2v) is 5.86. The molecule has 0 unspecified atom stereocenters. The largest absolute Gasteiger partial charge is 0.316 e. The van der Waals surface area contributed by atoms with Gasteiger partial charge < -0.3 is 10.2 Å². The molecule has 2 heterocycles. The first-order valence-corrected chi connectivity index (χ1v) is 6.97. The van der Waals surface area contributed by atoms with Crippen LogP contribution in [0.4, 0.5) is 0 Å². The zero-order valence-electron chi connectivity index (χ0n) is 11.7. The number of likely N-dealkylation sites (tertiary alicyclic amines) is 1. The second kappa shape index (κ2) is 6.30. The molecule has 3 heteroatoms. The van der Waals surface area contributed by atoms with Crippen molar-refractivity contribution in [3.05, 3.63) is 30.1 Å². The quantitative estimate of drug-likeness (QED) is 0.806. The number of piperidine rings is 1. The van der Waals surface area contributed by atoms with Crippen molar-refractivity contribution in [3.63, 3.8) is 0 Å². The van der Waals surface area contributed by atoms with Crippen LogP contribution < -0.4 is 5.32 Å². The minimum atomic E-state index is 0.483. The SMILES string of the molecule is CN1CCC(C)(CNCCc2ccccn2)CC1. The van der Waals surface area contributed by atoms with E-state index in [0.717, 1.165) is 19.5 Å². The molecule has 1 aromatic heterocycles. The summed E-state index contributed by atoms with van der Waals surface area (Å²) in [4.78, 5) is 6.77. The fourth-order valence-electron chi connectivity index (χ4n) is 2.49. The van der Waals surface area contributed by atoms with Gasteiger partial charge in [-0.15, -0.1) is 0 Å². The Morgan fingerprint density at radius 2 is 2.11 bits per heavy atom. The van der Waals surface area contributed by atoms with Gasteiger partial charge in [0.2, 0.25) is 0 Å². The van der Waals surface area contributed by atoms with Gasteiger partial charge in [0.05, 0.1) is 0 Å². The molecule has 0 spiro atoms. The summed E-state index contributed by atoms with van der Waals surface area (Å²) in [6, 6.07) is 6.12. The molecule has 18 heavy (non-hydrogen) atoms. The van der Waals surface area contributed by atoms with E-state index in [1.54, 1.807) is 0 Å². The molecule has 0 radical (unpaired) electrons. The maximum Gasteiger partial charge on any atom is 0.0416 e. The fourth-order valence-corrected chi connectivity index (χ4v) is 2.49. The number of hydrogen-bond donors (Lipinski definition) is 1. The monoisotopic (exact) mass is 247 g/mol. The summed E-state index contributed by atoms with van der Waals surface area (Å²) in [5, 5.41) is 3.60. The van der Waals surface area contributed by atoms with Crippen LogP contribution in [-0.2, 0) is 6.42 Å². The minimum absolute atomic E-state index is 0.483. The second-order valence-electron chi connectivity index (χ2n) is 5.86. The lowest BCUT2D eigenvalue weighted by atomic mass is 9.80. The molecule has 3 nitrogen and oxygen atoms in total. The van der Waals surface area contributed by atoms with Crippen LogP contribution in [0.1, 0.15) is 25.5 Å². The zero-order chi connectivity index (χ0) is 12.8. The van der Waals surface area contributed by atoms with E-state index >= 15 is 0 Å². The van der Waals surface area contributed by atoms with E-state index < -0.39 is 0 Å². The van der Waals surface area contributed by atoms with Crippen LogP contribution in [0, 0.1) is 5.41 Å². The molecule has 1 saturated heterocycles. The lowest BCUT2D eigenvalue weighted by Gasteiger charge is -2.38. The van der Waals surface area contributed by atoms with Crippen LogP contribution in [0.3, 0.4) is 0 Å². The van der Waals surface area contributed by atoms with E-state index in [-0.39, 0.29) is 0 Å². The standard InChI is InChI=1S/C15H25N3/c1-15(7-11-18(2)12-8-15)13-16-10-6-14-5-3-4-9-17-14/h3-5,9,16H,6-8,10-13H2,1-2H3. The number of hydrogen-bond acceptors (Lipinski definition) is 3. The van der Waals surface area contributed by atoms with Crippen LogP contribution in [0.5, 0.6) is 0 Å². The van der Waals surface area contributed by atoms with Gasteiger partial charge in [-0.3, -0.25) is 4.98 Å². The number of nitrogens with zero attached hydrogens (tertiary/aromatic N) is 2. The normalized spacial score (nSPS) is 19.9. The van der Waals surface area contributed by atoms with E-state index in [1.165, 1.54) is 31.6 Å². The van der Waals surface area contributed by atoms with E-state index in [0.29, 0.717) is 5.41 Å². The summed E-state index contributed by atoms with van der Waals surface area (Å²) in [7, 11) is 2.22. The summed E-state index contributed by atoms with van der Waals surface area (Å²) in [5.41, 5.74) is 1.66. The van der Waals surface area contributed by atoms with Crippen LogP contribution in [0.2, 0.25) is 0 Å². The Bertz CT molecular complexity index is 342. The summed E-state index contributed by atoms with van der Waals surface area (Å²) >= 11 is 0. The van der Waals surface area contributed by atoms with Gasteiger partial charge in [0.1, 0.15) is 0 Å². The van der Waals surface area contributed by atoms with Gasteiger partial charge in [0.15, 0.2) is 0 Å². The van der Waals surface area contributed by atoms with Gasteiger partial charge >= 0.3 is 0 Å². The first-order chi connectivity index (χ1) is 8.68. The van der Waals surface area contributed by atoms with Crippen molar-refractivity contribution in [2.24, 2.45) is 5.41 Å². The van der Waals surface area contributed by atoms with Crippen molar-refractivity contribution in [2.45, 2.75) is 26.2 Å². The molecule has 0 amide bonds. The van der Waals surface area contributed by atoms with E-state index in [2.05, 4.69) is 41.3 Å². The molecule has 1 aliphatic heterocycles. The molecule has 1 aromatic rings. The van der Waals surface area contributed by atoms with Crippen LogP contribution >= 0.6 is 0 Å². The number of nitrogens with one attached hydrogen (secondary N) is 1. The summed E-state index contributed by atoms with van der Waals surface area (Å²) in [5.74, 6) is 0. The molecule has 2 rings (SSSR count). The van der Waals surface area contributed by atoms with Crippen molar-refractivity contribution in [1.29, 1.82) is 0 Å². The van der Waals surface area contributed by atoms with Crippen molar-refractivity contribution in [1.82, 2.24) is 15.2 Å². The molecule has 100 valence electrons. The van der Waals surface area contributed by atoms with Crippen LogP contribution in [-0.4, -0.2) is 43.1 Å². The summed E-state index contributed by atoms with van der Waals surface area (Å²) in [6.45, 7) is 7.04. The molecule has 0 atom stereocenters. The fraction of sp³-hybridized carbons (Fsp3) is 0.667. The third-order valence-electron chi connectivity index (χ3n) is 4.03. The highest BCUT2D eigenvalue weighted by Crippen LogP contribution is 2.29. The minimum Gasteiger partial charge on any atom is -0.316 e.